The summed E-state index contributed by atoms with van der Waals surface area (Å²) in [4.78, 5) is 37.1. The minimum absolute atomic E-state index is 0.187. The lowest BCUT2D eigenvalue weighted by Gasteiger charge is -2.45. The third kappa shape index (κ3) is 5.19. The first-order chi connectivity index (χ1) is 18.2. The number of carbonyl (C=O) groups is 2. The van der Waals surface area contributed by atoms with Gasteiger partial charge in [-0.15, -0.1) is 0 Å². The van der Waals surface area contributed by atoms with E-state index in [1.807, 2.05) is 61.5 Å². The Morgan fingerprint density at radius 2 is 1.71 bits per heavy atom. The summed E-state index contributed by atoms with van der Waals surface area (Å²) in [6.45, 7) is 7.11. The van der Waals surface area contributed by atoms with Gasteiger partial charge in [0.25, 0.3) is 0 Å². The third-order valence-corrected chi connectivity index (χ3v) is 7.22. The van der Waals surface area contributed by atoms with E-state index in [0.717, 1.165) is 22.3 Å². The summed E-state index contributed by atoms with van der Waals surface area (Å²) in [5.41, 5.74) is 1.77. The molecule has 1 unspecified atom stereocenters. The van der Waals surface area contributed by atoms with E-state index < -0.39 is 17.3 Å². The molecule has 9 nitrogen and oxygen atoms in total. The van der Waals surface area contributed by atoms with Gasteiger partial charge in [-0.1, -0.05) is 54.6 Å². The fourth-order valence-electron chi connectivity index (χ4n) is 5.30. The molecule has 2 saturated heterocycles. The molecule has 2 fully saturated rings. The number of rotatable bonds is 7. The van der Waals surface area contributed by atoms with Crippen LogP contribution in [0.2, 0.25) is 0 Å². The molecule has 0 spiro atoms. The smallest absolute Gasteiger partial charge is 0.411 e. The van der Waals surface area contributed by atoms with E-state index in [0.29, 0.717) is 38.4 Å². The number of ether oxygens (including phenoxy) is 1. The molecule has 2 aliphatic rings. The van der Waals surface area contributed by atoms with Crippen LogP contribution in [0, 0.1) is 0 Å². The van der Waals surface area contributed by atoms with Crippen molar-refractivity contribution in [2.75, 3.05) is 24.5 Å². The van der Waals surface area contributed by atoms with Gasteiger partial charge in [-0.3, -0.25) is 4.90 Å². The fourth-order valence-corrected chi connectivity index (χ4v) is 5.30. The van der Waals surface area contributed by atoms with Gasteiger partial charge in [-0.2, -0.15) is 0 Å². The maximum absolute atomic E-state index is 13.3. The number of hydrogen-bond acceptors (Lipinski definition) is 6. The van der Waals surface area contributed by atoms with Crippen LogP contribution < -0.4 is 10.2 Å². The van der Waals surface area contributed by atoms with Crippen molar-refractivity contribution in [3.05, 3.63) is 78.1 Å². The molecule has 3 amide bonds. The molecule has 2 aromatic carbocycles. The molecule has 2 N–H and O–H groups in total. The second-order valence-corrected chi connectivity index (χ2v) is 10.6. The molecule has 2 atom stereocenters. The first-order valence-corrected chi connectivity index (χ1v) is 12.9. The van der Waals surface area contributed by atoms with Gasteiger partial charge in [-0.25, -0.2) is 19.6 Å². The number of aromatic nitrogens is 2. The van der Waals surface area contributed by atoms with Gasteiger partial charge in [0.05, 0.1) is 11.6 Å². The Morgan fingerprint density at radius 1 is 1.03 bits per heavy atom. The van der Waals surface area contributed by atoms with Crippen molar-refractivity contribution in [2.24, 2.45) is 0 Å². The summed E-state index contributed by atoms with van der Waals surface area (Å²) in [5.74, 6) is 0.383. The van der Waals surface area contributed by atoms with E-state index in [4.69, 9.17) is 4.74 Å². The Hall–Kier alpha value is -3.98. The third-order valence-electron chi connectivity index (χ3n) is 7.22. The lowest BCUT2D eigenvalue weighted by molar-refractivity contribution is -0.101. The zero-order valence-corrected chi connectivity index (χ0v) is 21.9. The number of anilines is 1. The van der Waals surface area contributed by atoms with E-state index in [9.17, 15) is 14.7 Å². The summed E-state index contributed by atoms with van der Waals surface area (Å²) < 4.78 is 6.12. The van der Waals surface area contributed by atoms with E-state index >= 15 is 0 Å². The van der Waals surface area contributed by atoms with Gasteiger partial charge < -0.3 is 20.1 Å². The first-order valence-electron chi connectivity index (χ1n) is 12.9. The van der Waals surface area contributed by atoms with Crippen LogP contribution in [0.3, 0.4) is 0 Å². The van der Waals surface area contributed by atoms with Crippen molar-refractivity contribution in [3.63, 3.8) is 0 Å². The monoisotopic (exact) mass is 515 g/mol. The molecule has 5 rings (SSSR count). The molecule has 0 bridgehead atoms. The van der Waals surface area contributed by atoms with E-state index in [1.165, 1.54) is 4.90 Å². The summed E-state index contributed by atoms with van der Waals surface area (Å²) >= 11 is 0. The highest BCUT2D eigenvalue weighted by molar-refractivity contribution is 5.92. The molecule has 9 heteroatoms. The maximum atomic E-state index is 13.3. The van der Waals surface area contributed by atoms with Crippen LogP contribution in [0.1, 0.15) is 50.8 Å². The van der Waals surface area contributed by atoms with Gasteiger partial charge in [0, 0.05) is 50.4 Å². The normalized spacial score (nSPS) is 20.7. The standard InChI is InChI=1S/C29H33N5O4/c1-20(33-15-13-29(38-27(33)36,19-28(2,3)37)24-7-5-4-6-8-24)21-9-11-22(12-10-21)23-17-31-25(32-18-23)34-16-14-30-26(34)35/h4-12,17-18,20,37H,13-16,19H2,1-3H3,(H,30,35)/t20-,29?/m0/s1. The van der Waals surface area contributed by atoms with Crippen molar-refractivity contribution < 1.29 is 19.4 Å². The van der Waals surface area contributed by atoms with Crippen LogP contribution in [0.5, 0.6) is 0 Å². The molecule has 2 aliphatic heterocycles. The molecular formula is C29H33N5O4. The molecule has 0 radical (unpaired) electrons. The van der Waals surface area contributed by atoms with E-state index in [-0.39, 0.29) is 12.1 Å². The van der Waals surface area contributed by atoms with E-state index in [2.05, 4.69) is 15.3 Å². The second kappa shape index (κ2) is 10.1. The SMILES string of the molecule is C[C@@H](c1ccc(-c2cnc(N3CCNC3=O)nc2)cc1)N1CCC(CC(C)(C)O)(c2ccccc2)OC1=O. The summed E-state index contributed by atoms with van der Waals surface area (Å²) in [6.07, 6.45) is 3.92. The largest absolute Gasteiger partial charge is 0.438 e. The minimum Gasteiger partial charge on any atom is -0.438 e. The van der Waals surface area contributed by atoms with Crippen molar-refractivity contribution in [2.45, 2.75) is 50.9 Å². The summed E-state index contributed by atoms with van der Waals surface area (Å²) in [6, 6.07) is 17.2. The Morgan fingerprint density at radius 3 is 2.29 bits per heavy atom. The lowest BCUT2D eigenvalue weighted by Crippen LogP contribution is -2.51. The van der Waals surface area contributed by atoms with Crippen LogP contribution in [-0.4, -0.2) is 57.3 Å². The van der Waals surface area contributed by atoms with Gasteiger partial charge in [0.1, 0.15) is 5.60 Å². The number of nitrogens with zero attached hydrogens (tertiary/aromatic N) is 4. The molecule has 0 aliphatic carbocycles. The molecule has 38 heavy (non-hydrogen) atoms. The Kier molecular flexibility index (Phi) is 6.79. The Bertz CT molecular complexity index is 1290. The van der Waals surface area contributed by atoms with Gasteiger partial charge in [0.15, 0.2) is 0 Å². The van der Waals surface area contributed by atoms with Crippen molar-refractivity contribution in [1.82, 2.24) is 20.2 Å². The molecule has 0 saturated carbocycles. The highest BCUT2D eigenvalue weighted by atomic mass is 16.6. The number of aliphatic hydroxyl groups is 1. The zero-order chi connectivity index (χ0) is 26.9. The molecule has 198 valence electrons. The van der Waals surface area contributed by atoms with Crippen LogP contribution in [-0.2, 0) is 10.3 Å². The minimum atomic E-state index is -0.997. The fraction of sp³-hybridized carbons (Fsp3) is 0.379. The van der Waals surface area contributed by atoms with E-state index in [1.54, 1.807) is 31.1 Å². The zero-order valence-electron chi connectivity index (χ0n) is 21.9. The van der Waals surface area contributed by atoms with Gasteiger partial charge in [-0.05, 0) is 37.5 Å². The predicted molar refractivity (Wildman–Crippen MR) is 143 cm³/mol. The first kappa shape index (κ1) is 25.7. The number of nitrogens with one attached hydrogen (secondary N) is 1. The molecule has 3 aromatic rings. The van der Waals surface area contributed by atoms with Crippen LogP contribution >= 0.6 is 0 Å². The van der Waals surface area contributed by atoms with Gasteiger partial charge in [0.2, 0.25) is 5.95 Å². The predicted octanol–water partition coefficient (Wildman–Crippen LogP) is 4.63. The number of urea groups is 1. The Labute approximate surface area is 222 Å². The maximum Gasteiger partial charge on any atom is 0.411 e. The van der Waals surface area contributed by atoms with Crippen LogP contribution in [0.4, 0.5) is 15.5 Å². The lowest BCUT2D eigenvalue weighted by atomic mass is 9.80. The van der Waals surface area contributed by atoms with Crippen molar-refractivity contribution in [3.8, 4) is 11.1 Å². The molecule has 1 aromatic heterocycles. The van der Waals surface area contributed by atoms with Crippen LogP contribution in [0.25, 0.3) is 11.1 Å². The number of hydrogen-bond donors (Lipinski definition) is 2. The summed E-state index contributed by atoms with van der Waals surface area (Å²) in [7, 11) is 0. The number of amides is 3. The highest BCUT2D eigenvalue weighted by Crippen LogP contribution is 2.42. The average Bonchev–Trinajstić information content (AvgIpc) is 3.34. The van der Waals surface area contributed by atoms with Crippen LogP contribution in [0.15, 0.2) is 67.0 Å². The van der Waals surface area contributed by atoms with Gasteiger partial charge >= 0.3 is 12.1 Å². The number of carbonyl (C=O) groups excluding carboxylic acids is 2. The Balaban J connectivity index is 1.29. The van der Waals surface area contributed by atoms with Crippen molar-refractivity contribution >= 4 is 18.1 Å². The second-order valence-electron chi connectivity index (χ2n) is 10.6. The topological polar surface area (TPSA) is 108 Å². The molecule has 3 heterocycles. The highest BCUT2D eigenvalue weighted by Gasteiger charge is 2.46. The quantitative estimate of drug-likeness (QED) is 0.475. The average molecular weight is 516 g/mol. The van der Waals surface area contributed by atoms with Crippen molar-refractivity contribution in [1.29, 1.82) is 0 Å². The number of cyclic esters (lactones) is 1. The molecular weight excluding hydrogens is 482 g/mol. The number of benzene rings is 2. The summed E-state index contributed by atoms with van der Waals surface area (Å²) in [5, 5.41) is 13.3.